The second-order valence-electron chi connectivity index (χ2n) is 6.93. The van der Waals surface area contributed by atoms with Crippen LogP contribution in [0.4, 0.5) is 5.69 Å². The minimum atomic E-state index is -0.493. The van der Waals surface area contributed by atoms with Crippen LogP contribution in [0.2, 0.25) is 0 Å². The molecule has 8 heteroatoms. The van der Waals surface area contributed by atoms with Crippen LogP contribution < -0.4 is 0 Å². The number of hydrogen-bond donors (Lipinski definition) is 0. The van der Waals surface area contributed by atoms with Crippen LogP contribution in [0.3, 0.4) is 0 Å². The summed E-state index contributed by atoms with van der Waals surface area (Å²) in [6, 6.07) is 13.5. The van der Waals surface area contributed by atoms with Crippen molar-refractivity contribution in [3.63, 3.8) is 0 Å². The van der Waals surface area contributed by atoms with Gasteiger partial charge in [-0.1, -0.05) is 12.1 Å². The lowest BCUT2D eigenvalue weighted by molar-refractivity contribution is 0.588. The Morgan fingerprint density at radius 1 is 0.931 bits per heavy atom. The molecule has 4 rings (SSSR count). The summed E-state index contributed by atoms with van der Waals surface area (Å²) in [5.41, 5.74) is 2.08. The molecule has 0 bridgehead atoms. The largest absolute Gasteiger partial charge is 0.235 e. The SMILES string of the molecule is [C-]#[N+]c1cnn(-c2cccc(C(C)(C)c3cccc(-n4cc(C#N)cn4)n3)n2)c1. The van der Waals surface area contributed by atoms with Crippen molar-refractivity contribution in [2.75, 3.05) is 0 Å². The fraction of sp³-hybridized carbons (Fsp3) is 0.143. The van der Waals surface area contributed by atoms with Gasteiger partial charge in [-0.2, -0.15) is 15.5 Å². The number of pyridine rings is 2. The number of nitriles is 1. The average molecular weight is 380 g/mol. The molecule has 0 fully saturated rings. The molecule has 140 valence electrons. The Balaban J connectivity index is 1.72. The van der Waals surface area contributed by atoms with Crippen molar-refractivity contribution in [1.82, 2.24) is 29.5 Å². The molecule has 4 aromatic heterocycles. The molecule has 4 heterocycles. The fourth-order valence-electron chi connectivity index (χ4n) is 2.93. The third kappa shape index (κ3) is 3.35. The van der Waals surface area contributed by atoms with Gasteiger partial charge in [0.25, 0.3) is 0 Å². The standard InChI is InChI=1S/C21H16N8/c1-21(2,17-6-4-8-19(26-17)28-13-15(10-22)11-24-28)18-7-5-9-20(27-18)29-14-16(23-3)12-25-29/h4-9,11-14H,1-2H3. The highest BCUT2D eigenvalue weighted by atomic mass is 15.3. The Bertz CT molecular complexity index is 1170. The zero-order valence-electron chi connectivity index (χ0n) is 15.9. The molecule has 0 aliphatic rings. The summed E-state index contributed by atoms with van der Waals surface area (Å²) >= 11 is 0. The summed E-state index contributed by atoms with van der Waals surface area (Å²) in [7, 11) is 0. The zero-order valence-corrected chi connectivity index (χ0v) is 15.9. The van der Waals surface area contributed by atoms with E-state index in [-0.39, 0.29) is 0 Å². The Morgan fingerprint density at radius 2 is 1.52 bits per heavy atom. The second-order valence-corrected chi connectivity index (χ2v) is 6.93. The van der Waals surface area contributed by atoms with Crippen LogP contribution >= 0.6 is 0 Å². The molecule has 0 aliphatic carbocycles. The molecule has 0 unspecified atom stereocenters. The molecule has 0 radical (unpaired) electrons. The Kier molecular flexibility index (Phi) is 4.38. The van der Waals surface area contributed by atoms with Gasteiger partial charge in [0.1, 0.15) is 6.07 Å². The van der Waals surface area contributed by atoms with Crippen LogP contribution in [0.15, 0.2) is 61.2 Å². The normalized spacial score (nSPS) is 11.0. The van der Waals surface area contributed by atoms with E-state index in [1.165, 1.54) is 12.4 Å². The van der Waals surface area contributed by atoms with E-state index in [9.17, 15) is 0 Å². The Hall–Kier alpha value is -4.30. The van der Waals surface area contributed by atoms with Gasteiger partial charge in [-0.05, 0) is 38.1 Å². The van der Waals surface area contributed by atoms with Gasteiger partial charge in [-0.25, -0.2) is 24.2 Å². The van der Waals surface area contributed by atoms with Gasteiger partial charge >= 0.3 is 0 Å². The summed E-state index contributed by atoms with van der Waals surface area (Å²) in [6.07, 6.45) is 6.31. The number of hydrogen-bond acceptors (Lipinski definition) is 5. The predicted molar refractivity (Wildman–Crippen MR) is 106 cm³/mol. The summed E-state index contributed by atoms with van der Waals surface area (Å²) in [4.78, 5) is 12.9. The minimum Gasteiger partial charge on any atom is -0.235 e. The highest BCUT2D eigenvalue weighted by molar-refractivity contribution is 5.42. The van der Waals surface area contributed by atoms with Crippen LogP contribution in [0, 0.1) is 17.9 Å². The van der Waals surface area contributed by atoms with Crippen LogP contribution in [-0.4, -0.2) is 29.5 Å². The molecule has 29 heavy (non-hydrogen) atoms. The maximum Gasteiger partial charge on any atom is 0.224 e. The van der Waals surface area contributed by atoms with Gasteiger partial charge in [-0.15, -0.1) is 0 Å². The third-order valence-electron chi connectivity index (χ3n) is 4.63. The van der Waals surface area contributed by atoms with Crippen LogP contribution in [0.5, 0.6) is 0 Å². The zero-order chi connectivity index (χ0) is 20.4. The summed E-state index contributed by atoms with van der Waals surface area (Å²) in [5, 5.41) is 17.4. The maximum absolute atomic E-state index is 9.01. The monoisotopic (exact) mass is 380 g/mol. The van der Waals surface area contributed by atoms with E-state index in [2.05, 4.69) is 21.1 Å². The van der Waals surface area contributed by atoms with E-state index in [0.717, 1.165) is 11.4 Å². The molecule has 4 aromatic rings. The number of nitrogens with zero attached hydrogens (tertiary/aromatic N) is 8. The first kappa shape index (κ1) is 18.1. The third-order valence-corrected chi connectivity index (χ3v) is 4.63. The first-order valence-corrected chi connectivity index (χ1v) is 8.84. The lowest BCUT2D eigenvalue weighted by atomic mass is 9.84. The Morgan fingerprint density at radius 3 is 2.03 bits per heavy atom. The lowest BCUT2D eigenvalue weighted by Crippen LogP contribution is -2.23. The topological polar surface area (TPSA) is 89.6 Å². The quantitative estimate of drug-likeness (QED) is 0.505. The smallest absolute Gasteiger partial charge is 0.224 e. The van der Waals surface area contributed by atoms with E-state index < -0.39 is 5.41 Å². The predicted octanol–water partition coefficient (Wildman–Crippen LogP) is 3.60. The first-order valence-electron chi connectivity index (χ1n) is 8.84. The summed E-state index contributed by atoms with van der Waals surface area (Å²) in [6.45, 7) is 11.2. The van der Waals surface area contributed by atoms with E-state index in [1.54, 1.807) is 21.8 Å². The summed E-state index contributed by atoms with van der Waals surface area (Å²) < 4.78 is 3.17. The van der Waals surface area contributed by atoms with Crippen molar-refractivity contribution in [1.29, 1.82) is 5.26 Å². The lowest BCUT2D eigenvalue weighted by Gasteiger charge is -2.24. The minimum absolute atomic E-state index is 0.460. The maximum atomic E-state index is 9.01. The van der Waals surface area contributed by atoms with Gasteiger partial charge in [0, 0.05) is 11.6 Å². The van der Waals surface area contributed by atoms with E-state index in [0.29, 0.717) is 22.9 Å². The van der Waals surface area contributed by atoms with Crippen molar-refractivity contribution >= 4 is 5.69 Å². The van der Waals surface area contributed by atoms with Crippen molar-refractivity contribution in [2.24, 2.45) is 0 Å². The molecular formula is C21H16N8. The fourth-order valence-corrected chi connectivity index (χ4v) is 2.93. The number of rotatable bonds is 4. The van der Waals surface area contributed by atoms with E-state index in [1.807, 2.05) is 50.2 Å². The van der Waals surface area contributed by atoms with Crippen LogP contribution in [-0.2, 0) is 5.41 Å². The van der Waals surface area contributed by atoms with E-state index >= 15 is 0 Å². The van der Waals surface area contributed by atoms with Gasteiger partial charge < -0.3 is 0 Å². The van der Waals surface area contributed by atoms with Gasteiger partial charge in [0.2, 0.25) is 5.69 Å². The molecular weight excluding hydrogens is 364 g/mol. The molecule has 8 nitrogen and oxygen atoms in total. The highest BCUT2D eigenvalue weighted by Gasteiger charge is 2.27. The van der Waals surface area contributed by atoms with Crippen molar-refractivity contribution in [2.45, 2.75) is 19.3 Å². The van der Waals surface area contributed by atoms with E-state index in [4.69, 9.17) is 21.8 Å². The average Bonchev–Trinajstić information content (AvgIpc) is 3.43. The number of aromatic nitrogens is 6. The van der Waals surface area contributed by atoms with Gasteiger partial charge in [0.15, 0.2) is 11.6 Å². The summed E-state index contributed by atoms with van der Waals surface area (Å²) in [5.74, 6) is 1.26. The molecule has 0 saturated heterocycles. The van der Waals surface area contributed by atoms with Crippen molar-refractivity contribution in [3.05, 3.63) is 89.6 Å². The molecule has 0 N–H and O–H groups in total. The molecule has 0 atom stereocenters. The Labute approximate surface area is 167 Å². The first-order chi connectivity index (χ1) is 14.0. The van der Waals surface area contributed by atoms with Crippen molar-refractivity contribution < 1.29 is 0 Å². The van der Waals surface area contributed by atoms with Crippen LogP contribution in [0.25, 0.3) is 16.5 Å². The molecule has 0 spiro atoms. The van der Waals surface area contributed by atoms with Crippen molar-refractivity contribution in [3.8, 4) is 17.7 Å². The van der Waals surface area contributed by atoms with Gasteiger partial charge in [-0.3, -0.25) is 0 Å². The van der Waals surface area contributed by atoms with Gasteiger partial charge in [0.05, 0.1) is 42.1 Å². The molecule has 0 saturated carbocycles. The van der Waals surface area contributed by atoms with Crippen LogP contribution in [0.1, 0.15) is 30.8 Å². The highest BCUT2D eigenvalue weighted by Crippen LogP contribution is 2.30. The molecule has 0 amide bonds. The molecule has 0 aliphatic heterocycles. The second kappa shape index (κ2) is 7.02. The molecule has 0 aromatic carbocycles.